The molecule has 2 aliphatic carbocycles. The zero-order valence-electron chi connectivity index (χ0n) is 22.1. The van der Waals surface area contributed by atoms with Gasteiger partial charge in [0, 0.05) is 35.1 Å². The van der Waals surface area contributed by atoms with E-state index < -0.39 is 101 Å². The predicted molar refractivity (Wildman–Crippen MR) is 131 cm³/mol. The molecule has 0 spiro atoms. The van der Waals surface area contributed by atoms with E-state index in [1.165, 1.54) is 0 Å². The summed E-state index contributed by atoms with van der Waals surface area (Å²) in [7, 11) is 0. The van der Waals surface area contributed by atoms with Gasteiger partial charge in [-0.3, -0.25) is 14.4 Å². The molecule has 3 saturated heterocycles. The second kappa shape index (κ2) is 8.57. The fraction of sp³-hybridized carbons (Fsp3) is 0.607. The Morgan fingerprint density at radius 1 is 0.925 bits per heavy atom. The van der Waals surface area contributed by atoms with Gasteiger partial charge in [0.1, 0.15) is 23.2 Å². The second-order valence-corrected chi connectivity index (χ2v) is 11.5. The molecule has 5 heterocycles. The van der Waals surface area contributed by atoms with Crippen molar-refractivity contribution in [2.24, 2.45) is 0 Å². The smallest absolute Gasteiger partial charge is 0.309 e. The summed E-state index contributed by atoms with van der Waals surface area (Å²) in [5.41, 5.74) is -3.18. The van der Waals surface area contributed by atoms with Gasteiger partial charge >= 0.3 is 5.97 Å². The number of esters is 1. The fourth-order valence-electron chi connectivity index (χ4n) is 7.31. The van der Waals surface area contributed by atoms with Crippen LogP contribution in [0.25, 0.3) is 0 Å². The first kappa shape index (κ1) is 26.1. The number of benzene rings is 1. The number of carbonyl (C=O) groups excluding carboxylic acids is 3. The van der Waals surface area contributed by atoms with Crippen LogP contribution in [-0.4, -0.2) is 86.5 Å². The molecule has 0 aromatic heterocycles. The molecule has 12 nitrogen and oxygen atoms in total. The van der Waals surface area contributed by atoms with E-state index in [4.69, 9.17) is 23.7 Å². The minimum atomic E-state index is -2.07. The molecule has 2 bridgehead atoms. The van der Waals surface area contributed by atoms with Crippen LogP contribution in [0.15, 0.2) is 11.1 Å². The lowest BCUT2D eigenvalue weighted by Gasteiger charge is -2.54. The van der Waals surface area contributed by atoms with Crippen LogP contribution in [0.2, 0.25) is 0 Å². The van der Waals surface area contributed by atoms with Gasteiger partial charge in [0.25, 0.3) is 0 Å². The highest BCUT2D eigenvalue weighted by Gasteiger charge is 2.64. The van der Waals surface area contributed by atoms with Crippen molar-refractivity contribution in [3.05, 3.63) is 33.4 Å². The molecule has 0 amide bonds. The van der Waals surface area contributed by atoms with E-state index in [0.717, 1.165) is 0 Å². The maximum Gasteiger partial charge on any atom is 0.309 e. The molecule has 0 radical (unpaired) electrons. The summed E-state index contributed by atoms with van der Waals surface area (Å²) in [6.45, 7) is 4.88. The maximum atomic E-state index is 14.2. The predicted octanol–water partition coefficient (Wildman–Crippen LogP) is 1.41. The molecular formula is C28H30O12. The zero-order valence-corrected chi connectivity index (χ0v) is 22.1. The molecule has 40 heavy (non-hydrogen) atoms. The summed E-state index contributed by atoms with van der Waals surface area (Å²) in [4.78, 5) is 40.2. The van der Waals surface area contributed by atoms with E-state index in [1.807, 2.05) is 0 Å². The Kier molecular flexibility index (Phi) is 5.58. The minimum absolute atomic E-state index is 0.0374. The molecule has 1 aromatic carbocycles. The molecule has 214 valence electrons. The number of ether oxygens (including phenoxy) is 5. The van der Waals surface area contributed by atoms with Crippen molar-refractivity contribution in [3.63, 3.8) is 0 Å². The third kappa shape index (κ3) is 3.25. The highest BCUT2D eigenvalue weighted by Crippen LogP contribution is 2.57. The summed E-state index contributed by atoms with van der Waals surface area (Å²) >= 11 is 0. The summed E-state index contributed by atoms with van der Waals surface area (Å²) in [5.74, 6) is -3.28. The average molecular weight is 559 g/mol. The van der Waals surface area contributed by atoms with Gasteiger partial charge in [0.05, 0.1) is 54.2 Å². The number of ketones is 2. The molecule has 8 rings (SSSR count). The molecule has 0 saturated carbocycles. The van der Waals surface area contributed by atoms with Crippen LogP contribution < -0.4 is 0 Å². The lowest BCUT2D eigenvalue weighted by atomic mass is 9.63. The number of rotatable bonds is 2. The molecule has 12 heteroatoms. The number of hydrogen-bond acceptors (Lipinski definition) is 12. The van der Waals surface area contributed by atoms with Crippen molar-refractivity contribution >= 4 is 17.5 Å². The number of phenolic OH excluding ortho intramolecular Hbond substituents is 2. The van der Waals surface area contributed by atoms with Gasteiger partial charge in [-0.05, 0) is 27.2 Å². The molecule has 1 aromatic rings. The Hall–Kier alpha value is -2.87. The quantitative estimate of drug-likeness (QED) is 0.303. The highest BCUT2D eigenvalue weighted by molar-refractivity contribution is 6.30. The number of phenols is 2. The average Bonchev–Trinajstić information content (AvgIpc) is 3.26. The van der Waals surface area contributed by atoms with Gasteiger partial charge in [0.15, 0.2) is 24.0 Å². The Bertz CT molecular complexity index is 1400. The van der Waals surface area contributed by atoms with E-state index in [-0.39, 0.29) is 35.1 Å². The number of aliphatic hydroxyl groups is 2. The Labute approximate surface area is 228 Å². The third-order valence-corrected chi connectivity index (χ3v) is 9.31. The lowest BCUT2D eigenvalue weighted by molar-refractivity contribution is -0.291. The molecule has 0 unspecified atom stereocenters. The van der Waals surface area contributed by atoms with Crippen LogP contribution in [0.4, 0.5) is 0 Å². The molecule has 5 aliphatic heterocycles. The van der Waals surface area contributed by atoms with Gasteiger partial charge in [-0.25, -0.2) is 0 Å². The molecule has 10 atom stereocenters. The van der Waals surface area contributed by atoms with Crippen molar-refractivity contribution in [3.8, 4) is 11.5 Å². The SMILES string of the molecule is C[C@@H]1O[C@@H]2CC(=O)O[C@H]2c2c(O)c3c(c(O)c21)C(=O)C1=C(C3=O)[C@@H]2C[C@H](O[C@H]3CC[C@H](O)[C@H](C)O3)[C@]1(O)[C@H](C)O2. The highest BCUT2D eigenvalue weighted by atomic mass is 16.7. The van der Waals surface area contributed by atoms with Gasteiger partial charge in [-0.1, -0.05) is 0 Å². The monoisotopic (exact) mass is 558 g/mol. The normalized spacial score (nSPS) is 41.8. The first-order valence-electron chi connectivity index (χ1n) is 13.6. The number of aliphatic hydroxyl groups excluding tert-OH is 1. The standard InChI is InChI=1S/C28H30O12/c1-8-11(29)4-5-16(37-8)39-14-6-12-18-22(28(14,35)10(3)38-12)26(34)20-19(24(18)32)25(33)21-17(23(20)31)9(2)36-13-7-15(30)40-27(13)21/h8-14,16,27,29,31,33,35H,4-7H2,1-3H3/t8-,9-,10-,11-,12-,13+,14-,16-,27+,28+/m0/s1. The van der Waals surface area contributed by atoms with Crippen molar-refractivity contribution in [2.75, 3.05) is 0 Å². The molecule has 4 N–H and O–H groups in total. The molecule has 7 aliphatic rings. The van der Waals surface area contributed by atoms with Gasteiger partial charge < -0.3 is 44.1 Å². The van der Waals surface area contributed by atoms with E-state index >= 15 is 0 Å². The first-order valence-corrected chi connectivity index (χ1v) is 13.6. The van der Waals surface area contributed by atoms with Crippen molar-refractivity contribution in [1.29, 1.82) is 0 Å². The summed E-state index contributed by atoms with van der Waals surface area (Å²) in [6, 6.07) is 0. The number of carbonyl (C=O) groups is 3. The van der Waals surface area contributed by atoms with Crippen LogP contribution in [0.1, 0.15) is 90.5 Å². The van der Waals surface area contributed by atoms with Crippen molar-refractivity contribution < 1.29 is 58.5 Å². The number of Topliss-reactive ketones (excluding diaryl/α,β-unsaturated/α-hetero) is 2. The topological polar surface area (TPSA) is 178 Å². The van der Waals surface area contributed by atoms with E-state index in [1.54, 1.807) is 20.8 Å². The third-order valence-electron chi connectivity index (χ3n) is 9.31. The Balaban J connectivity index is 1.34. The largest absolute Gasteiger partial charge is 0.507 e. The fourth-order valence-corrected chi connectivity index (χ4v) is 7.31. The van der Waals surface area contributed by atoms with Crippen LogP contribution in [0, 0.1) is 0 Å². The van der Waals surface area contributed by atoms with Gasteiger partial charge in [-0.2, -0.15) is 0 Å². The number of hydrogen-bond donors (Lipinski definition) is 4. The van der Waals surface area contributed by atoms with E-state index in [0.29, 0.717) is 12.8 Å². The first-order chi connectivity index (χ1) is 18.9. The summed E-state index contributed by atoms with van der Waals surface area (Å²) < 4.78 is 29.1. The minimum Gasteiger partial charge on any atom is -0.507 e. The Morgan fingerprint density at radius 3 is 2.35 bits per heavy atom. The van der Waals surface area contributed by atoms with E-state index in [2.05, 4.69) is 0 Å². The van der Waals surface area contributed by atoms with Crippen molar-refractivity contribution in [1.82, 2.24) is 0 Å². The number of aromatic hydroxyl groups is 2. The van der Waals surface area contributed by atoms with Crippen molar-refractivity contribution in [2.45, 2.75) is 107 Å². The zero-order chi connectivity index (χ0) is 28.4. The summed E-state index contributed by atoms with van der Waals surface area (Å²) in [6.07, 6.45) is -6.58. The molecular weight excluding hydrogens is 528 g/mol. The van der Waals surface area contributed by atoms with Crippen LogP contribution in [0.3, 0.4) is 0 Å². The van der Waals surface area contributed by atoms with Gasteiger partial charge in [0.2, 0.25) is 0 Å². The van der Waals surface area contributed by atoms with Crippen LogP contribution in [-0.2, 0) is 28.5 Å². The molecule has 3 fully saturated rings. The summed E-state index contributed by atoms with van der Waals surface area (Å²) in [5, 5.41) is 44.9. The second-order valence-electron chi connectivity index (χ2n) is 11.5. The van der Waals surface area contributed by atoms with Crippen LogP contribution in [0.5, 0.6) is 11.5 Å². The maximum absolute atomic E-state index is 14.2. The number of fused-ring (bicyclic) bond motifs is 6. The van der Waals surface area contributed by atoms with Crippen LogP contribution >= 0.6 is 0 Å². The van der Waals surface area contributed by atoms with E-state index in [9.17, 15) is 34.8 Å². The van der Waals surface area contributed by atoms with Gasteiger partial charge in [-0.15, -0.1) is 0 Å². The lowest BCUT2D eigenvalue weighted by Crippen LogP contribution is -2.67. The Morgan fingerprint density at radius 2 is 1.62 bits per heavy atom.